The molecule has 0 spiro atoms. The van der Waals surface area contributed by atoms with Gasteiger partial charge in [0.05, 0.1) is 32.7 Å². The Balaban J connectivity index is 2.25. The molecule has 2 N–H and O–H groups in total. The van der Waals surface area contributed by atoms with Crippen molar-refractivity contribution in [2.45, 2.75) is 23.7 Å². The highest BCUT2D eigenvalue weighted by Gasteiger charge is 2.38. The van der Waals surface area contributed by atoms with E-state index in [9.17, 15) is 37.4 Å². The summed E-state index contributed by atoms with van der Waals surface area (Å²) in [7, 11) is -1.90. The van der Waals surface area contributed by atoms with Gasteiger partial charge >= 0.3 is 6.18 Å². The number of alkyl halides is 3. The van der Waals surface area contributed by atoms with Gasteiger partial charge in [-0.1, -0.05) is 6.07 Å². The van der Waals surface area contributed by atoms with Gasteiger partial charge in [0.2, 0.25) is 0 Å². The minimum absolute atomic E-state index is 0.0851. The Kier molecular flexibility index (Phi) is 6.14. The van der Waals surface area contributed by atoms with Crippen LogP contribution in [-0.4, -0.2) is 36.5 Å². The molecule has 1 aromatic carbocycles. The van der Waals surface area contributed by atoms with E-state index >= 15 is 0 Å². The largest absolute Gasteiger partial charge is 0.418 e. The molecule has 2 atom stereocenters. The molecule has 2 unspecified atom stereocenters. The molecule has 12 heteroatoms. The van der Waals surface area contributed by atoms with E-state index in [-0.39, 0.29) is 11.1 Å². The van der Waals surface area contributed by atoms with E-state index in [4.69, 9.17) is 0 Å². The fraction of sp³-hybridized carbons (Fsp3) is 0.250. The fourth-order valence-corrected chi connectivity index (χ4v) is 3.32. The molecule has 0 radical (unpaired) electrons. The lowest BCUT2D eigenvalue weighted by Gasteiger charge is -2.23. The van der Waals surface area contributed by atoms with Crippen LogP contribution in [0.3, 0.4) is 0 Å². The molecule has 1 aromatic heterocycles. The van der Waals surface area contributed by atoms with Crippen LogP contribution in [0.15, 0.2) is 47.6 Å². The number of hydrogen-bond acceptors (Lipinski definition) is 6. The van der Waals surface area contributed by atoms with Gasteiger partial charge < -0.3 is 10.4 Å². The third kappa shape index (κ3) is 5.10. The quantitative estimate of drug-likeness (QED) is 0.550. The summed E-state index contributed by atoms with van der Waals surface area (Å²) in [6.07, 6.45) is -3.63. The molecular formula is C16H14F3N3O5S. The number of nitro benzene ring substituents is 1. The first kappa shape index (κ1) is 21.4. The Bertz CT molecular complexity index is 919. The summed E-state index contributed by atoms with van der Waals surface area (Å²) >= 11 is 0. The number of hydrogen-bond donors (Lipinski definition) is 2. The van der Waals surface area contributed by atoms with Crippen molar-refractivity contribution in [3.05, 3.63) is 58.3 Å². The molecule has 1 heterocycles. The van der Waals surface area contributed by atoms with Crippen LogP contribution in [-0.2, 0) is 21.8 Å². The predicted octanol–water partition coefficient (Wildman–Crippen LogP) is 2.51. The van der Waals surface area contributed by atoms with Gasteiger partial charge in [-0.15, -0.1) is 0 Å². The molecular weight excluding hydrogens is 403 g/mol. The molecule has 150 valence electrons. The zero-order chi connectivity index (χ0) is 21.1. The summed E-state index contributed by atoms with van der Waals surface area (Å²) in [5.41, 5.74) is -5.33. The number of anilines is 1. The van der Waals surface area contributed by atoms with Gasteiger partial charge in [0.1, 0.15) is 5.03 Å². The first-order valence-electron chi connectivity index (χ1n) is 7.60. The highest BCUT2D eigenvalue weighted by atomic mass is 32.2. The van der Waals surface area contributed by atoms with Crippen molar-refractivity contribution in [1.82, 2.24) is 4.98 Å². The van der Waals surface area contributed by atoms with Gasteiger partial charge in [-0.25, -0.2) is 4.98 Å². The van der Waals surface area contributed by atoms with Crippen LogP contribution in [0.25, 0.3) is 0 Å². The van der Waals surface area contributed by atoms with Crippen LogP contribution in [0, 0.1) is 10.1 Å². The lowest BCUT2D eigenvalue weighted by Crippen LogP contribution is -2.45. The van der Waals surface area contributed by atoms with Crippen LogP contribution in [0.2, 0.25) is 0 Å². The van der Waals surface area contributed by atoms with Crippen molar-refractivity contribution in [2.75, 3.05) is 11.1 Å². The number of rotatable bonds is 6. The molecule has 0 fully saturated rings. The second-order valence-corrected chi connectivity index (χ2v) is 7.27. The molecule has 8 nitrogen and oxygen atoms in total. The maximum atomic E-state index is 13.2. The van der Waals surface area contributed by atoms with Gasteiger partial charge in [0, 0.05) is 18.3 Å². The highest BCUT2D eigenvalue weighted by molar-refractivity contribution is 7.85. The van der Waals surface area contributed by atoms with E-state index in [1.807, 2.05) is 5.32 Å². The first-order chi connectivity index (χ1) is 12.9. The number of nitrogens with one attached hydrogen (secondary N) is 1. The Hall–Kier alpha value is -2.86. The summed E-state index contributed by atoms with van der Waals surface area (Å²) in [6.45, 7) is 0.988. The molecule has 1 amide bonds. The fourth-order valence-electron chi connectivity index (χ4n) is 2.12. The number of benzene rings is 1. The Labute approximate surface area is 159 Å². The molecule has 2 rings (SSSR count). The molecule has 0 saturated carbocycles. The normalized spacial score (nSPS) is 14.8. The van der Waals surface area contributed by atoms with Crippen molar-refractivity contribution < 1.29 is 32.2 Å². The number of nitrogens with zero attached hydrogens (tertiary/aromatic N) is 2. The van der Waals surface area contributed by atoms with Gasteiger partial charge in [-0.3, -0.25) is 19.1 Å². The van der Waals surface area contributed by atoms with Gasteiger partial charge in [0.25, 0.3) is 11.6 Å². The molecule has 0 aliphatic rings. The van der Waals surface area contributed by atoms with Crippen molar-refractivity contribution in [2.24, 2.45) is 0 Å². The van der Waals surface area contributed by atoms with Crippen molar-refractivity contribution >= 4 is 28.1 Å². The van der Waals surface area contributed by atoms with Gasteiger partial charge in [-0.2, -0.15) is 13.2 Å². The molecule has 0 aliphatic carbocycles. The van der Waals surface area contributed by atoms with E-state index in [1.165, 1.54) is 12.3 Å². The smallest absolute Gasteiger partial charge is 0.379 e. The van der Waals surface area contributed by atoms with Crippen molar-refractivity contribution in [1.29, 1.82) is 0 Å². The standard InChI is InChI=1S/C16H14F3N3O5S/c1-15(24,9-28(27)13-4-2-3-7-20-13)14(23)21-12-6-5-10(22(25)26)8-11(12)16(17,18)19/h2-8,24H,9H2,1H3,(H,21,23). The zero-order valence-corrected chi connectivity index (χ0v) is 15.1. The number of nitro groups is 1. The molecule has 0 saturated heterocycles. The number of aliphatic hydroxyl groups is 1. The average molecular weight is 417 g/mol. The number of halogens is 3. The number of aromatic nitrogens is 1. The third-order valence-corrected chi connectivity index (χ3v) is 5.07. The van der Waals surface area contributed by atoms with Gasteiger partial charge in [-0.05, 0) is 25.1 Å². The Morgan fingerprint density at radius 3 is 2.54 bits per heavy atom. The number of carbonyl (C=O) groups excluding carboxylic acids is 1. The second-order valence-electron chi connectivity index (χ2n) is 5.87. The van der Waals surface area contributed by atoms with Crippen molar-refractivity contribution in [3.8, 4) is 0 Å². The topological polar surface area (TPSA) is 122 Å². The number of non-ortho nitro benzene ring substituents is 1. The van der Waals surface area contributed by atoms with Crippen LogP contribution in [0.1, 0.15) is 12.5 Å². The van der Waals surface area contributed by atoms with Crippen LogP contribution < -0.4 is 5.32 Å². The van der Waals surface area contributed by atoms with Crippen molar-refractivity contribution in [3.63, 3.8) is 0 Å². The van der Waals surface area contributed by atoms with E-state index in [2.05, 4.69) is 4.98 Å². The number of carbonyl (C=O) groups is 1. The minimum atomic E-state index is -4.99. The molecule has 0 bridgehead atoms. The molecule has 28 heavy (non-hydrogen) atoms. The number of pyridine rings is 1. The van der Waals surface area contributed by atoms with Crippen LogP contribution in [0.5, 0.6) is 0 Å². The maximum absolute atomic E-state index is 13.2. The monoisotopic (exact) mass is 417 g/mol. The Morgan fingerprint density at radius 2 is 2.00 bits per heavy atom. The lowest BCUT2D eigenvalue weighted by atomic mass is 10.1. The lowest BCUT2D eigenvalue weighted by molar-refractivity contribution is -0.385. The minimum Gasteiger partial charge on any atom is -0.379 e. The van der Waals surface area contributed by atoms with E-state index in [0.29, 0.717) is 6.07 Å². The van der Waals surface area contributed by atoms with E-state index in [0.717, 1.165) is 13.0 Å². The first-order valence-corrected chi connectivity index (χ1v) is 8.92. The molecule has 0 aliphatic heterocycles. The average Bonchev–Trinajstić information content (AvgIpc) is 2.61. The zero-order valence-electron chi connectivity index (χ0n) is 14.3. The predicted molar refractivity (Wildman–Crippen MR) is 92.9 cm³/mol. The highest BCUT2D eigenvalue weighted by Crippen LogP contribution is 2.37. The third-order valence-electron chi connectivity index (χ3n) is 3.54. The van der Waals surface area contributed by atoms with Crippen LogP contribution >= 0.6 is 0 Å². The SMILES string of the molecule is CC(O)(CS(=O)c1ccccn1)C(=O)Nc1ccc([N+](=O)[O-])cc1C(F)(F)F. The van der Waals surface area contributed by atoms with E-state index < -0.39 is 56.1 Å². The van der Waals surface area contributed by atoms with Gasteiger partial charge in [0.15, 0.2) is 5.60 Å². The molecule has 2 aromatic rings. The maximum Gasteiger partial charge on any atom is 0.418 e. The summed E-state index contributed by atoms with van der Waals surface area (Å²) in [5.74, 6) is -1.87. The summed E-state index contributed by atoms with van der Waals surface area (Å²) in [5, 5.41) is 23.0. The Morgan fingerprint density at radius 1 is 1.32 bits per heavy atom. The van der Waals surface area contributed by atoms with E-state index in [1.54, 1.807) is 12.1 Å². The summed E-state index contributed by atoms with van der Waals surface area (Å²) in [6, 6.07) is 6.29. The summed E-state index contributed by atoms with van der Waals surface area (Å²) < 4.78 is 51.7. The second kappa shape index (κ2) is 8.02. The van der Waals surface area contributed by atoms with Crippen LogP contribution in [0.4, 0.5) is 24.5 Å². The number of amides is 1. The summed E-state index contributed by atoms with van der Waals surface area (Å²) in [4.78, 5) is 25.8.